The van der Waals surface area contributed by atoms with E-state index in [0.717, 1.165) is 19.2 Å². The average molecular weight is 347 g/mol. The lowest BCUT2D eigenvalue weighted by Gasteiger charge is -2.17. The molecule has 0 aliphatic carbocycles. The smallest absolute Gasteiger partial charge is 0.339 e. The predicted octanol–water partition coefficient (Wildman–Crippen LogP) is 1.39. The molecule has 1 rings (SSSR count). The molecule has 0 aliphatic heterocycles. The Hall–Kier alpha value is -2.00. The lowest BCUT2D eigenvalue weighted by Crippen LogP contribution is -2.42. The molecule has 0 amide bonds. The molecule has 1 unspecified atom stereocenters. The van der Waals surface area contributed by atoms with Crippen molar-refractivity contribution in [2.75, 3.05) is 7.11 Å². The number of sulfonamides is 1. The zero-order valence-corrected chi connectivity index (χ0v) is 13.7. The minimum Gasteiger partial charge on any atom is -0.480 e. The number of esters is 1. The summed E-state index contributed by atoms with van der Waals surface area (Å²) in [6, 6.07) is 1.12. The largest absolute Gasteiger partial charge is 0.480 e. The summed E-state index contributed by atoms with van der Waals surface area (Å²) in [5.74, 6) is -3.31. The lowest BCUT2D eigenvalue weighted by molar-refractivity contribution is -0.139. The number of carbonyl (C=O) groups is 2. The minimum atomic E-state index is -4.43. The van der Waals surface area contributed by atoms with Gasteiger partial charge in [-0.2, -0.15) is 4.72 Å². The molecule has 0 aromatic heterocycles. The molecule has 1 atom stereocenters. The number of hydrogen-bond acceptors (Lipinski definition) is 5. The second-order valence-corrected chi connectivity index (χ2v) is 6.96. The van der Waals surface area contributed by atoms with Crippen molar-refractivity contribution in [1.82, 2.24) is 4.72 Å². The zero-order chi connectivity index (χ0) is 17.8. The second kappa shape index (κ2) is 7.51. The van der Waals surface area contributed by atoms with E-state index >= 15 is 0 Å². The third-order valence-corrected chi connectivity index (χ3v) is 4.45. The van der Waals surface area contributed by atoms with Crippen molar-refractivity contribution in [3.8, 4) is 0 Å². The predicted molar refractivity (Wildman–Crippen MR) is 78.9 cm³/mol. The maximum atomic E-state index is 13.4. The van der Waals surface area contributed by atoms with Crippen molar-refractivity contribution in [1.29, 1.82) is 0 Å². The Bertz CT molecular complexity index is 701. The van der Waals surface area contributed by atoms with Crippen LogP contribution in [0.4, 0.5) is 4.39 Å². The van der Waals surface area contributed by atoms with Gasteiger partial charge in [-0.25, -0.2) is 17.6 Å². The van der Waals surface area contributed by atoms with E-state index in [1.165, 1.54) is 0 Å². The van der Waals surface area contributed by atoms with Crippen molar-refractivity contribution in [3.05, 3.63) is 29.6 Å². The van der Waals surface area contributed by atoms with Crippen molar-refractivity contribution >= 4 is 22.0 Å². The van der Waals surface area contributed by atoms with Crippen LogP contribution < -0.4 is 4.72 Å². The van der Waals surface area contributed by atoms with Crippen LogP contribution in [-0.4, -0.2) is 38.6 Å². The molecule has 0 heterocycles. The fourth-order valence-electron chi connectivity index (χ4n) is 1.92. The highest BCUT2D eigenvalue weighted by atomic mass is 32.2. The van der Waals surface area contributed by atoms with Gasteiger partial charge in [0.05, 0.1) is 17.6 Å². The number of carboxylic acids is 1. The molecule has 2 N–H and O–H groups in total. The molecule has 23 heavy (non-hydrogen) atoms. The molecule has 0 aliphatic rings. The number of hydrogen-bond donors (Lipinski definition) is 2. The molecule has 7 nitrogen and oxygen atoms in total. The summed E-state index contributed by atoms with van der Waals surface area (Å²) in [4.78, 5) is 22.2. The first-order chi connectivity index (χ1) is 10.6. The molecule has 0 fully saturated rings. The Morgan fingerprint density at radius 3 is 2.43 bits per heavy atom. The number of ether oxygens (including phenoxy) is 1. The summed E-state index contributed by atoms with van der Waals surface area (Å²) >= 11 is 0. The van der Waals surface area contributed by atoms with Crippen molar-refractivity contribution in [2.45, 2.75) is 31.2 Å². The summed E-state index contributed by atoms with van der Waals surface area (Å²) in [6.07, 6.45) is 0.0391. The van der Waals surface area contributed by atoms with E-state index in [9.17, 15) is 22.4 Å². The zero-order valence-electron chi connectivity index (χ0n) is 12.9. The van der Waals surface area contributed by atoms with Crippen LogP contribution in [0.3, 0.4) is 0 Å². The van der Waals surface area contributed by atoms with Gasteiger partial charge >= 0.3 is 11.9 Å². The molecular weight excluding hydrogens is 329 g/mol. The SMILES string of the molecule is COC(=O)c1ccc(F)cc1S(=O)(=O)NC(CC(C)C)C(=O)O. The van der Waals surface area contributed by atoms with Crippen LogP contribution in [0.1, 0.15) is 30.6 Å². The Morgan fingerprint density at radius 2 is 1.96 bits per heavy atom. The molecule has 128 valence electrons. The second-order valence-electron chi connectivity index (χ2n) is 5.27. The number of methoxy groups -OCH3 is 1. The van der Waals surface area contributed by atoms with Crippen LogP contribution in [0.15, 0.2) is 23.1 Å². The van der Waals surface area contributed by atoms with E-state index in [-0.39, 0.29) is 17.9 Å². The molecule has 0 bridgehead atoms. The van der Waals surface area contributed by atoms with E-state index in [1.54, 1.807) is 13.8 Å². The highest BCUT2D eigenvalue weighted by Crippen LogP contribution is 2.19. The standard InChI is InChI=1S/C14H18FNO6S/c1-8(2)6-11(13(17)18)16-23(20,21)12-7-9(15)4-5-10(12)14(19)22-3/h4-5,7-8,11,16H,6H2,1-3H3,(H,17,18). The molecule has 0 spiro atoms. The third kappa shape index (κ3) is 5.00. The molecule has 9 heteroatoms. The fourth-order valence-corrected chi connectivity index (χ4v) is 3.33. The van der Waals surface area contributed by atoms with Gasteiger partial charge in [-0.15, -0.1) is 0 Å². The summed E-state index contributed by atoms with van der Waals surface area (Å²) in [6.45, 7) is 3.46. The number of carbonyl (C=O) groups excluding carboxylic acids is 1. The van der Waals surface area contributed by atoms with Gasteiger partial charge in [-0.05, 0) is 30.5 Å². The van der Waals surface area contributed by atoms with E-state index in [1.807, 2.05) is 4.72 Å². The number of benzene rings is 1. The number of aliphatic carboxylic acids is 1. The number of carboxylic acid groups (broad SMARTS) is 1. The van der Waals surface area contributed by atoms with Crippen molar-refractivity contribution in [3.63, 3.8) is 0 Å². The van der Waals surface area contributed by atoms with E-state index in [2.05, 4.69) is 4.74 Å². The third-order valence-electron chi connectivity index (χ3n) is 2.94. The maximum Gasteiger partial charge on any atom is 0.339 e. The summed E-state index contributed by atoms with van der Waals surface area (Å²) < 4.78 is 44.6. The molecule has 0 saturated heterocycles. The van der Waals surface area contributed by atoms with Crippen LogP contribution in [0.2, 0.25) is 0 Å². The molecule has 1 aromatic carbocycles. The van der Waals surface area contributed by atoms with Gasteiger partial charge in [-0.3, -0.25) is 4.79 Å². The first-order valence-electron chi connectivity index (χ1n) is 6.71. The quantitative estimate of drug-likeness (QED) is 0.721. The topological polar surface area (TPSA) is 110 Å². The Morgan fingerprint density at radius 1 is 1.35 bits per heavy atom. The highest BCUT2D eigenvalue weighted by Gasteiger charge is 2.29. The number of halogens is 1. The van der Waals surface area contributed by atoms with Crippen molar-refractivity contribution < 1.29 is 32.2 Å². The van der Waals surface area contributed by atoms with Crippen molar-refractivity contribution in [2.24, 2.45) is 5.92 Å². The van der Waals surface area contributed by atoms with Crippen LogP contribution in [0, 0.1) is 11.7 Å². The van der Waals surface area contributed by atoms with E-state index < -0.39 is 38.7 Å². The van der Waals surface area contributed by atoms with Gasteiger partial charge < -0.3 is 9.84 Å². The van der Waals surface area contributed by atoms with Gasteiger partial charge in [0.1, 0.15) is 11.9 Å². The van der Waals surface area contributed by atoms with Crippen LogP contribution in [-0.2, 0) is 19.6 Å². The fraction of sp³-hybridized carbons (Fsp3) is 0.429. The monoisotopic (exact) mass is 347 g/mol. The van der Waals surface area contributed by atoms with Gasteiger partial charge in [0, 0.05) is 0 Å². The van der Waals surface area contributed by atoms with Crippen LogP contribution >= 0.6 is 0 Å². The lowest BCUT2D eigenvalue weighted by atomic mass is 10.1. The molecule has 1 aromatic rings. The van der Waals surface area contributed by atoms with E-state index in [4.69, 9.17) is 5.11 Å². The minimum absolute atomic E-state index is 0.0391. The van der Waals surface area contributed by atoms with Gasteiger partial charge in [-0.1, -0.05) is 13.8 Å². The molecule has 0 radical (unpaired) electrons. The summed E-state index contributed by atoms with van der Waals surface area (Å²) in [5.41, 5.74) is -0.380. The Labute approximate surface area is 133 Å². The van der Waals surface area contributed by atoms with Gasteiger partial charge in [0.2, 0.25) is 10.0 Å². The van der Waals surface area contributed by atoms with Crippen LogP contribution in [0.25, 0.3) is 0 Å². The normalized spacial score (nSPS) is 12.9. The number of rotatable bonds is 7. The van der Waals surface area contributed by atoms with Crippen LogP contribution in [0.5, 0.6) is 0 Å². The maximum absolute atomic E-state index is 13.4. The summed E-state index contributed by atoms with van der Waals surface area (Å²) in [5, 5.41) is 9.12. The van der Waals surface area contributed by atoms with Gasteiger partial charge in [0.15, 0.2) is 0 Å². The van der Waals surface area contributed by atoms with E-state index in [0.29, 0.717) is 6.07 Å². The molecule has 0 saturated carbocycles. The average Bonchev–Trinajstić information content (AvgIpc) is 2.44. The van der Waals surface area contributed by atoms with Gasteiger partial charge in [0.25, 0.3) is 0 Å². The summed E-state index contributed by atoms with van der Waals surface area (Å²) in [7, 11) is -3.38. The number of nitrogens with one attached hydrogen (secondary N) is 1. The molecular formula is C14H18FNO6S. The first kappa shape index (κ1) is 19.0. The Kier molecular flexibility index (Phi) is 6.22. The first-order valence-corrected chi connectivity index (χ1v) is 8.19. The highest BCUT2D eigenvalue weighted by molar-refractivity contribution is 7.89. The Balaban J connectivity index is 3.29.